The molecule has 0 saturated heterocycles. The maximum Gasteiger partial charge on any atom is 0.135 e. The Morgan fingerprint density at radius 1 is 1.41 bits per heavy atom. The van der Waals surface area contributed by atoms with Crippen molar-refractivity contribution in [1.29, 1.82) is 0 Å². The van der Waals surface area contributed by atoms with Crippen molar-refractivity contribution in [2.75, 3.05) is 11.9 Å². The summed E-state index contributed by atoms with van der Waals surface area (Å²) in [5, 5.41) is 0.827. The summed E-state index contributed by atoms with van der Waals surface area (Å²) < 4.78 is 18.8. The molecule has 1 fully saturated rings. The molecule has 0 amide bonds. The van der Waals surface area contributed by atoms with Gasteiger partial charge in [0.15, 0.2) is 0 Å². The van der Waals surface area contributed by atoms with E-state index in [1.54, 1.807) is 6.07 Å². The highest BCUT2D eigenvalue weighted by atomic mass is 79.9. The highest BCUT2D eigenvalue weighted by molar-refractivity contribution is 9.09. The van der Waals surface area contributed by atoms with Crippen LogP contribution >= 0.6 is 15.9 Å². The fraction of sp³-hybridized carbons (Fsp3) is 0.429. The van der Waals surface area contributed by atoms with E-state index < -0.39 is 0 Å². The highest BCUT2D eigenvalue weighted by Crippen LogP contribution is 2.30. The summed E-state index contributed by atoms with van der Waals surface area (Å²) in [5.74, 6) is 7.04. The standard InChI is InChI=1S/C14H14BrFO/c15-8-2-1-3-12-9-13(16)6-7-14(12)17-10-11-4-5-11/h6-7,9,11H,2,4-5,8,10H2. The Bertz CT molecular complexity index is 443. The number of hydrogen-bond acceptors (Lipinski definition) is 1. The van der Waals surface area contributed by atoms with Gasteiger partial charge in [0.05, 0.1) is 12.2 Å². The average Bonchev–Trinajstić information content (AvgIpc) is 3.12. The van der Waals surface area contributed by atoms with Gasteiger partial charge in [-0.1, -0.05) is 27.8 Å². The molecule has 0 spiro atoms. The Balaban J connectivity index is 2.09. The summed E-state index contributed by atoms with van der Waals surface area (Å²) in [6, 6.07) is 4.51. The van der Waals surface area contributed by atoms with Crippen molar-refractivity contribution in [2.24, 2.45) is 5.92 Å². The monoisotopic (exact) mass is 296 g/mol. The molecular formula is C14H14BrFO. The normalized spacial score (nSPS) is 14.0. The topological polar surface area (TPSA) is 9.23 Å². The van der Waals surface area contributed by atoms with Crippen molar-refractivity contribution in [3.05, 3.63) is 29.6 Å². The van der Waals surface area contributed by atoms with Crippen LogP contribution in [0.4, 0.5) is 4.39 Å². The molecule has 0 aromatic heterocycles. The van der Waals surface area contributed by atoms with Crippen molar-refractivity contribution in [3.8, 4) is 17.6 Å². The lowest BCUT2D eigenvalue weighted by Crippen LogP contribution is -2.00. The Morgan fingerprint density at radius 2 is 2.24 bits per heavy atom. The van der Waals surface area contributed by atoms with Crippen LogP contribution in [0.25, 0.3) is 0 Å². The van der Waals surface area contributed by atoms with Crippen LogP contribution in [0.1, 0.15) is 24.8 Å². The minimum absolute atomic E-state index is 0.271. The van der Waals surface area contributed by atoms with Gasteiger partial charge >= 0.3 is 0 Å². The Kier molecular flexibility index (Phi) is 4.44. The third kappa shape index (κ3) is 4.05. The second-order valence-corrected chi connectivity index (χ2v) is 4.93. The predicted octanol–water partition coefficient (Wildman–Crippen LogP) is 3.75. The van der Waals surface area contributed by atoms with E-state index in [1.165, 1.54) is 25.0 Å². The lowest BCUT2D eigenvalue weighted by Gasteiger charge is -2.07. The highest BCUT2D eigenvalue weighted by Gasteiger charge is 2.22. The van der Waals surface area contributed by atoms with Gasteiger partial charge < -0.3 is 4.74 Å². The molecule has 1 saturated carbocycles. The van der Waals surface area contributed by atoms with E-state index in [0.717, 1.165) is 18.4 Å². The van der Waals surface area contributed by atoms with Crippen LogP contribution in [0.3, 0.4) is 0 Å². The van der Waals surface area contributed by atoms with Gasteiger partial charge in [0.2, 0.25) is 0 Å². The lowest BCUT2D eigenvalue weighted by molar-refractivity contribution is 0.298. The predicted molar refractivity (Wildman–Crippen MR) is 69.9 cm³/mol. The Labute approximate surface area is 109 Å². The van der Waals surface area contributed by atoms with E-state index in [-0.39, 0.29) is 5.82 Å². The molecule has 0 radical (unpaired) electrons. The number of ether oxygens (including phenoxy) is 1. The van der Waals surface area contributed by atoms with Gasteiger partial charge in [0.25, 0.3) is 0 Å². The van der Waals surface area contributed by atoms with Crippen molar-refractivity contribution in [1.82, 2.24) is 0 Å². The van der Waals surface area contributed by atoms with E-state index in [2.05, 4.69) is 27.8 Å². The van der Waals surface area contributed by atoms with Crippen LogP contribution in [0.5, 0.6) is 5.75 Å². The van der Waals surface area contributed by atoms with E-state index in [0.29, 0.717) is 17.2 Å². The second kappa shape index (κ2) is 6.07. The van der Waals surface area contributed by atoms with Gasteiger partial charge in [0, 0.05) is 11.8 Å². The quantitative estimate of drug-likeness (QED) is 0.607. The molecule has 1 nitrogen and oxygen atoms in total. The first-order chi connectivity index (χ1) is 8.29. The van der Waals surface area contributed by atoms with Crippen LogP contribution in [-0.2, 0) is 0 Å². The molecule has 1 aliphatic carbocycles. The zero-order valence-corrected chi connectivity index (χ0v) is 11.1. The van der Waals surface area contributed by atoms with Gasteiger partial charge in [-0.2, -0.15) is 0 Å². The summed E-state index contributed by atoms with van der Waals surface area (Å²) >= 11 is 3.31. The summed E-state index contributed by atoms with van der Waals surface area (Å²) in [5.41, 5.74) is 0.645. The third-order valence-corrected chi connectivity index (χ3v) is 2.95. The first-order valence-corrected chi connectivity index (χ1v) is 6.89. The number of benzene rings is 1. The zero-order valence-electron chi connectivity index (χ0n) is 9.51. The molecule has 0 N–H and O–H groups in total. The summed E-state index contributed by atoms with van der Waals surface area (Å²) in [6.07, 6.45) is 3.23. The van der Waals surface area contributed by atoms with Gasteiger partial charge in [-0.05, 0) is 37.0 Å². The maximum absolute atomic E-state index is 13.1. The largest absolute Gasteiger partial charge is 0.492 e. The van der Waals surface area contributed by atoms with Crippen molar-refractivity contribution in [2.45, 2.75) is 19.3 Å². The molecule has 0 bridgehead atoms. The Hall–Kier alpha value is -1.01. The number of rotatable bonds is 4. The summed E-state index contributed by atoms with van der Waals surface area (Å²) in [7, 11) is 0. The summed E-state index contributed by atoms with van der Waals surface area (Å²) in [4.78, 5) is 0. The van der Waals surface area contributed by atoms with Gasteiger partial charge in [-0.25, -0.2) is 4.39 Å². The molecule has 0 atom stereocenters. The number of hydrogen-bond donors (Lipinski definition) is 0. The minimum Gasteiger partial charge on any atom is -0.492 e. The fourth-order valence-corrected chi connectivity index (χ4v) is 1.62. The molecular weight excluding hydrogens is 283 g/mol. The van der Waals surface area contributed by atoms with Gasteiger partial charge in [-0.15, -0.1) is 0 Å². The second-order valence-electron chi connectivity index (χ2n) is 4.14. The van der Waals surface area contributed by atoms with Crippen molar-refractivity contribution in [3.63, 3.8) is 0 Å². The molecule has 1 aromatic carbocycles. The molecule has 3 heteroatoms. The molecule has 0 unspecified atom stereocenters. The SMILES string of the molecule is Fc1ccc(OCC2CC2)c(C#CCCBr)c1. The van der Waals surface area contributed by atoms with E-state index in [4.69, 9.17) is 4.74 Å². The molecule has 90 valence electrons. The number of halogens is 2. The molecule has 2 rings (SSSR count). The molecule has 0 aliphatic heterocycles. The first-order valence-electron chi connectivity index (χ1n) is 5.77. The van der Waals surface area contributed by atoms with Gasteiger partial charge in [-0.3, -0.25) is 0 Å². The van der Waals surface area contributed by atoms with Gasteiger partial charge in [0.1, 0.15) is 11.6 Å². The van der Waals surface area contributed by atoms with Crippen molar-refractivity contribution < 1.29 is 9.13 Å². The smallest absolute Gasteiger partial charge is 0.135 e. The molecule has 0 heterocycles. The van der Waals surface area contributed by atoms with E-state index in [9.17, 15) is 4.39 Å². The fourth-order valence-electron chi connectivity index (χ4n) is 1.42. The molecule has 1 aromatic rings. The van der Waals surface area contributed by atoms with Crippen molar-refractivity contribution >= 4 is 15.9 Å². The van der Waals surface area contributed by atoms with Crippen LogP contribution in [0.15, 0.2) is 18.2 Å². The molecule has 17 heavy (non-hydrogen) atoms. The lowest BCUT2D eigenvalue weighted by atomic mass is 10.2. The Morgan fingerprint density at radius 3 is 2.94 bits per heavy atom. The molecule has 1 aliphatic rings. The van der Waals surface area contributed by atoms with Crippen LogP contribution in [-0.4, -0.2) is 11.9 Å². The minimum atomic E-state index is -0.271. The average molecular weight is 297 g/mol. The maximum atomic E-state index is 13.1. The number of alkyl halides is 1. The zero-order chi connectivity index (χ0) is 12.1. The van der Waals surface area contributed by atoms with Crippen LogP contribution in [0.2, 0.25) is 0 Å². The summed E-state index contributed by atoms with van der Waals surface area (Å²) in [6.45, 7) is 0.721. The van der Waals surface area contributed by atoms with Crippen LogP contribution in [0, 0.1) is 23.6 Å². The third-order valence-electron chi connectivity index (χ3n) is 2.56. The van der Waals surface area contributed by atoms with E-state index >= 15 is 0 Å². The van der Waals surface area contributed by atoms with Crippen LogP contribution < -0.4 is 4.74 Å². The van der Waals surface area contributed by atoms with E-state index in [1.807, 2.05) is 0 Å². The first kappa shape index (κ1) is 12.4.